The Balaban J connectivity index is 2.61. The second-order valence-corrected chi connectivity index (χ2v) is 4.35. The molecule has 0 radical (unpaired) electrons. The molecule has 0 saturated carbocycles. The summed E-state index contributed by atoms with van der Waals surface area (Å²) in [5, 5.41) is 1.46. The van der Waals surface area contributed by atoms with Crippen molar-refractivity contribution < 1.29 is 26.3 Å². The van der Waals surface area contributed by atoms with Gasteiger partial charge in [-0.2, -0.15) is 26.3 Å². The first-order valence-corrected chi connectivity index (χ1v) is 5.81. The van der Waals surface area contributed by atoms with Crippen LogP contribution in [0.1, 0.15) is 11.1 Å². The zero-order valence-electron chi connectivity index (χ0n) is 9.01. The summed E-state index contributed by atoms with van der Waals surface area (Å²) >= 11 is 1.14. The summed E-state index contributed by atoms with van der Waals surface area (Å²) in [6, 6.07) is 1.88. The molecule has 2 aromatic rings. The van der Waals surface area contributed by atoms with Crippen molar-refractivity contribution in [2.75, 3.05) is 0 Å². The van der Waals surface area contributed by atoms with Crippen LogP contribution in [0.15, 0.2) is 29.1 Å². The number of rotatable bonds is 1. The monoisotopic (exact) mass is 297 g/mol. The lowest BCUT2D eigenvalue weighted by atomic mass is 10.0. The lowest BCUT2D eigenvalue weighted by molar-refractivity contribution is -0.162. The first-order valence-electron chi connectivity index (χ1n) is 4.86. The number of hydrogen-bond donors (Lipinski definition) is 0. The molecule has 1 aromatic heterocycles. The number of benzene rings is 1. The van der Waals surface area contributed by atoms with Crippen LogP contribution in [0.25, 0.3) is 11.3 Å². The molecule has 102 valence electrons. The second kappa shape index (κ2) is 4.52. The standard InChI is InChI=1S/C11H5F6NS/c12-10(13,14)7-2-1-6(9-4-19-5-18-9)3-8(7)11(15,16)17/h1-5H. The summed E-state index contributed by atoms with van der Waals surface area (Å²) in [6.07, 6.45) is -10.1. The Kier molecular flexibility index (Phi) is 3.29. The lowest BCUT2D eigenvalue weighted by Crippen LogP contribution is -2.16. The van der Waals surface area contributed by atoms with E-state index in [4.69, 9.17) is 0 Å². The van der Waals surface area contributed by atoms with Gasteiger partial charge < -0.3 is 0 Å². The van der Waals surface area contributed by atoms with E-state index in [2.05, 4.69) is 4.98 Å². The maximum Gasteiger partial charge on any atom is 0.417 e. The van der Waals surface area contributed by atoms with Gasteiger partial charge in [0.05, 0.1) is 22.3 Å². The molecule has 19 heavy (non-hydrogen) atoms. The van der Waals surface area contributed by atoms with E-state index in [0.717, 1.165) is 17.4 Å². The van der Waals surface area contributed by atoms with Crippen molar-refractivity contribution in [2.24, 2.45) is 0 Å². The average Bonchev–Trinajstić information content (AvgIpc) is 2.79. The predicted molar refractivity (Wildman–Crippen MR) is 57.6 cm³/mol. The molecule has 0 N–H and O–H groups in total. The highest BCUT2D eigenvalue weighted by molar-refractivity contribution is 7.07. The normalized spacial score (nSPS) is 12.7. The van der Waals surface area contributed by atoms with Gasteiger partial charge in [-0.25, -0.2) is 4.98 Å². The largest absolute Gasteiger partial charge is 0.417 e. The fourth-order valence-electron chi connectivity index (χ4n) is 1.54. The van der Waals surface area contributed by atoms with Crippen LogP contribution in [0.2, 0.25) is 0 Å². The molecule has 1 aromatic carbocycles. The number of aromatic nitrogens is 1. The molecule has 0 fully saturated rings. The van der Waals surface area contributed by atoms with Crippen LogP contribution in [0.4, 0.5) is 26.3 Å². The van der Waals surface area contributed by atoms with Crippen LogP contribution in [0, 0.1) is 0 Å². The molecular weight excluding hydrogens is 292 g/mol. The van der Waals surface area contributed by atoms with Gasteiger partial charge in [-0.3, -0.25) is 0 Å². The quantitative estimate of drug-likeness (QED) is 0.686. The highest BCUT2D eigenvalue weighted by Crippen LogP contribution is 2.41. The van der Waals surface area contributed by atoms with Gasteiger partial charge in [0, 0.05) is 10.9 Å². The van der Waals surface area contributed by atoms with Gasteiger partial charge in [0.25, 0.3) is 0 Å². The van der Waals surface area contributed by atoms with Crippen LogP contribution in [-0.4, -0.2) is 4.98 Å². The molecule has 0 bridgehead atoms. The first kappa shape index (κ1) is 13.9. The highest BCUT2D eigenvalue weighted by atomic mass is 32.1. The Morgan fingerprint density at radius 3 is 2.00 bits per heavy atom. The van der Waals surface area contributed by atoms with Gasteiger partial charge >= 0.3 is 12.4 Å². The maximum absolute atomic E-state index is 12.7. The summed E-state index contributed by atoms with van der Waals surface area (Å²) < 4.78 is 75.7. The highest BCUT2D eigenvalue weighted by Gasteiger charge is 2.43. The van der Waals surface area contributed by atoms with E-state index < -0.39 is 23.5 Å². The Morgan fingerprint density at radius 1 is 0.895 bits per heavy atom. The van der Waals surface area contributed by atoms with Gasteiger partial charge in [0.2, 0.25) is 0 Å². The maximum atomic E-state index is 12.7. The summed E-state index contributed by atoms with van der Waals surface area (Å²) in [5.74, 6) is 0. The van der Waals surface area contributed by atoms with Crippen molar-refractivity contribution in [1.82, 2.24) is 4.98 Å². The second-order valence-electron chi connectivity index (χ2n) is 3.63. The van der Waals surface area contributed by atoms with Gasteiger partial charge in [0.1, 0.15) is 0 Å². The smallest absolute Gasteiger partial charge is 0.245 e. The average molecular weight is 297 g/mol. The van der Waals surface area contributed by atoms with Crippen LogP contribution >= 0.6 is 11.3 Å². The number of alkyl halides is 6. The fourth-order valence-corrected chi connectivity index (χ4v) is 2.10. The molecule has 0 spiro atoms. The minimum absolute atomic E-state index is 0.00146. The minimum atomic E-state index is -5.07. The minimum Gasteiger partial charge on any atom is -0.245 e. The first-order chi connectivity index (χ1) is 8.69. The van der Waals surface area contributed by atoms with Crippen LogP contribution < -0.4 is 0 Å². The Morgan fingerprint density at radius 2 is 1.53 bits per heavy atom. The molecule has 0 aliphatic heterocycles. The SMILES string of the molecule is FC(F)(F)c1ccc(-c2cscn2)cc1C(F)(F)F. The van der Waals surface area contributed by atoms with Gasteiger partial charge in [0.15, 0.2) is 0 Å². The third-order valence-electron chi connectivity index (χ3n) is 2.36. The molecule has 1 heterocycles. The van der Waals surface area contributed by atoms with Crippen molar-refractivity contribution in [3.05, 3.63) is 40.2 Å². The van der Waals surface area contributed by atoms with E-state index in [9.17, 15) is 26.3 Å². The summed E-state index contributed by atoms with van der Waals surface area (Å²) in [5.41, 5.74) is -1.80. The molecule has 1 nitrogen and oxygen atoms in total. The van der Waals surface area contributed by atoms with Crippen molar-refractivity contribution in [3.8, 4) is 11.3 Å². The van der Waals surface area contributed by atoms with E-state index in [0.29, 0.717) is 12.1 Å². The molecule has 0 saturated heterocycles. The zero-order chi connectivity index (χ0) is 14.3. The van der Waals surface area contributed by atoms with E-state index in [1.807, 2.05) is 0 Å². The number of thiazole rings is 1. The third kappa shape index (κ3) is 2.89. The number of nitrogens with zero attached hydrogens (tertiary/aromatic N) is 1. The Bertz CT molecular complexity index is 570. The molecule has 0 aliphatic carbocycles. The molecule has 8 heteroatoms. The Labute approximate surface area is 107 Å². The van der Waals surface area contributed by atoms with Crippen molar-refractivity contribution in [3.63, 3.8) is 0 Å². The molecule has 0 unspecified atom stereocenters. The van der Waals surface area contributed by atoms with Crippen LogP contribution in [0.3, 0.4) is 0 Å². The van der Waals surface area contributed by atoms with Crippen LogP contribution in [-0.2, 0) is 12.4 Å². The predicted octanol–water partition coefficient (Wildman–Crippen LogP) is 4.85. The van der Waals surface area contributed by atoms with E-state index in [-0.39, 0.29) is 11.3 Å². The van der Waals surface area contributed by atoms with Gasteiger partial charge in [-0.1, -0.05) is 6.07 Å². The molecular formula is C11H5F6NS. The summed E-state index contributed by atoms with van der Waals surface area (Å²) in [7, 11) is 0. The van der Waals surface area contributed by atoms with Crippen molar-refractivity contribution in [2.45, 2.75) is 12.4 Å². The molecule has 0 atom stereocenters. The zero-order valence-corrected chi connectivity index (χ0v) is 9.83. The summed E-state index contributed by atoms with van der Waals surface area (Å²) in [4.78, 5) is 3.77. The molecule has 0 amide bonds. The fraction of sp³-hybridized carbons (Fsp3) is 0.182. The van der Waals surface area contributed by atoms with Crippen molar-refractivity contribution in [1.29, 1.82) is 0 Å². The lowest BCUT2D eigenvalue weighted by Gasteiger charge is -2.16. The third-order valence-corrected chi connectivity index (χ3v) is 2.94. The van der Waals surface area contributed by atoms with E-state index >= 15 is 0 Å². The van der Waals surface area contributed by atoms with E-state index in [1.165, 1.54) is 10.9 Å². The Hall–Kier alpha value is -1.57. The molecule has 2 rings (SSSR count). The van der Waals surface area contributed by atoms with Gasteiger partial charge in [-0.05, 0) is 12.1 Å². The molecule has 0 aliphatic rings. The van der Waals surface area contributed by atoms with E-state index in [1.54, 1.807) is 0 Å². The van der Waals surface area contributed by atoms with Gasteiger partial charge in [-0.15, -0.1) is 11.3 Å². The van der Waals surface area contributed by atoms with Crippen LogP contribution in [0.5, 0.6) is 0 Å². The number of halogens is 6. The van der Waals surface area contributed by atoms with Crippen molar-refractivity contribution >= 4 is 11.3 Å². The number of hydrogen-bond acceptors (Lipinski definition) is 2. The summed E-state index contributed by atoms with van der Waals surface area (Å²) in [6.45, 7) is 0. The topological polar surface area (TPSA) is 12.9 Å².